The van der Waals surface area contributed by atoms with E-state index in [-0.39, 0.29) is 5.92 Å². The normalized spacial score (nSPS) is 24.5. The van der Waals surface area contributed by atoms with E-state index in [0.717, 1.165) is 18.3 Å². The highest BCUT2D eigenvalue weighted by atomic mass is 16.4. The third-order valence-electron chi connectivity index (χ3n) is 4.51. The summed E-state index contributed by atoms with van der Waals surface area (Å²) < 4.78 is 0. The molecular weight excluding hydrogens is 250 g/mol. The number of nitrogens with one attached hydrogen (secondary N) is 1. The van der Waals surface area contributed by atoms with Crippen LogP contribution in [0.3, 0.4) is 0 Å². The van der Waals surface area contributed by atoms with E-state index in [1.54, 1.807) is 0 Å². The van der Waals surface area contributed by atoms with Gasteiger partial charge in [0.05, 0.1) is 5.92 Å². The van der Waals surface area contributed by atoms with Gasteiger partial charge >= 0.3 is 5.97 Å². The fraction of sp³-hybridized carbons (Fsp3) is 0.941. The minimum atomic E-state index is -0.650. The van der Waals surface area contributed by atoms with Crippen LogP contribution >= 0.6 is 0 Å². The predicted molar refractivity (Wildman–Crippen MR) is 83.8 cm³/mol. The highest BCUT2D eigenvalue weighted by Crippen LogP contribution is 2.30. The first-order chi connectivity index (χ1) is 9.40. The van der Waals surface area contributed by atoms with Crippen LogP contribution in [0.15, 0.2) is 0 Å². The van der Waals surface area contributed by atoms with Crippen molar-refractivity contribution >= 4 is 5.97 Å². The van der Waals surface area contributed by atoms with Crippen molar-refractivity contribution in [1.29, 1.82) is 0 Å². The topological polar surface area (TPSA) is 49.3 Å². The zero-order valence-corrected chi connectivity index (χ0v) is 13.7. The highest BCUT2D eigenvalue weighted by Gasteiger charge is 2.28. The van der Waals surface area contributed by atoms with E-state index in [1.807, 2.05) is 0 Å². The molecule has 3 unspecified atom stereocenters. The fourth-order valence-electron chi connectivity index (χ4n) is 3.33. The molecule has 0 aromatic rings. The van der Waals surface area contributed by atoms with Gasteiger partial charge < -0.3 is 10.4 Å². The Kier molecular flexibility index (Phi) is 7.57. The fourth-order valence-corrected chi connectivity index (χ4v) is 3.33. The molecule has 1 saturated carbocycles. The van der Waals surface area contributed by atoms with Gasteiger partial charge in [0.1, 0.15) is 0 Å². The molecule has 0 heterocycles. The van der Waals surface area contributed by atoms with Crippen molar-refractivity contribution in [3.05, 3.63) is 0 Å². The Morgan fingerprint density at radius 1 is 1.20 bits per heavy atom. The Morgan fingerprint density at radius 3 is 2.45 bits per heavy atom. The smallest absolute Gasteiger partial charge is 0.307 e. The summed E-state index contributed by atoms with van der Waals surface area (Å²) >= 11 is 0. The van der Waals surface area contributed by atoms with E-state index in [2.05, 4.69) is 33.0 Å². The van der Waals surface area contributed by atoms with Crippen LogP contribution < -0.4 is 5.32 Å². The van der Waals surface area contributed by atoms with Crippen LogP contribution in [0.25, 0.3) is 0 Å². The van der Waals surface area contributed by atoms with Crippen molar-refractivity contribution in [2.45, 2.75) is 72.3 Å². The summed E-state index contributed by atoms with van der Waals surface area (Å²) in [5, 5.41) is 12.9. The Hall–Kier alpha value is -0.570. The molecule has 1 aliphatic rings. The summed E-state index contributed by atoms with van der Waals surface area (Å²) in [5.41, 5.74) is 0. The van der Waals surface area contributed by atoms with Crippen molar-refractivity contribution in [2.75, 3.05) is 6.54 Å². The summed E-state index contributed by atoms with van der Waals surface area (Å²) in [6.45, 7) is 9.38. The molecule has 20 heavy (non-hydrogen) atoms. The molecule has 1 rings (SSSR count). The second kappa shape index (κ2) is 8.66. The first kappa shape index (κ1) is 17.5. The Labute approximate surface area is 124 Å². The predicted octanol–water partition coefficient (Wildman–Crippen LogP) is 3.93. The molecule has 1 fully saturated rings. The van der Waals surface area contributed by atoms with E-state index in [1.165, 1.54) is 32.1 Å². The van der Waals surface area contributed by atoms with E-state index < -0.39 is 5.97 Å². The van der Waals surface area contributed by atoms with Gasteiger partial charge in [-0.3, -0.25) is 4.79 Å². The quantitative estimate of drug-likeness (QED) is 0.674. The molecular formula is C17H33NO2. The molecule has 0 aliphatic heterocycles. The molecule has 1 aliphatic carbocycles. The van der Waals surface area contributed by atoms with Crippen LogP contribution in [0.1, 0.15) is 66.2 Å². The van der Waals surface area contributed by atoms with E-state index in [4.69, 9.17) is 0 Å². The average Bonchev–Trinajstić information content (AvgIpc) is 2.78. The molecule has 0 aromatic carbocycles. The molecule has 118 valence electrons. The first-order valence-corrected chi connectivity index (χ1v) is 8.36. The van der Waals surface area contributed by atoms with Crippen LogP contribution in [-0.2, 0) is 4.79 Å². The number of hydrogen-bond donors (Lipinski definition) is 2. The molecule has 3 atom stereocenters. The van der Waals surface area contributed by atoms with Crippen molar-refractivity contribution in [3.63, 3.8) is 0 Å². The molecule has 0 saturated heterocycles. The Balaban J connectivity index is 2.39. The molecule has 0 bridgehead atoms. The van der Waals surface area contributed by atoms with Gasteiger partial charge in [-0.25, -0.2) is 0 Å². The van der Waals surface area contributed by atoms with Crippen LogP contribution in [-0.4, -0.2) is 23.7 Å². The average molecular weight is 283 g/mol. The lowest BCUT2D eigenvalue weighted by molar-refractivity contribution is -0.142. The van der Waals surface area contributed by atoms with Crippen molar-refractivity contribution in [3.8, 4) is 0 Å². The van der Waals surface area contributed by atoms with Crippen molar-refractivity contribution < 1.29 is 9.90 Å². The summed E-state index contributed by atoms with van der Waals surface area (Å²) in [7, 11) is 0. The number of rotatable bonds is 9. The number of hydrogen-bond acceptors (Lipinski definition) is 2. The van der Waals surface area contributed by atoms with E-state index >= 15 is 0 Å². The zero-order chi connectivity index (χ0) is 15.1. The highest BCUT2D eigenvalue weighted by molar-refractivity contribution is 5.70. The van der Waals surface area contributed by atoms with Gasteiger partial charge in [-0.05, 0) is 43.4 Å². The summed E-state index contributed by atoms with van der Waals surface area (Å²) in [6.07, 6.45) is 7.17. The second-order valence-electron chi connectivity index (χ2n) is 7.34. The largest absolute Gasteiger partial charge is 0.481 e. The minimum Gasteiger partial charge on any atom is -0.481 e. The summed E-state index contributed by atoms with van der Waals surface area (Å²) in [6, 6.07) is 0.544. The van der Waals surface area contributed by atoms with Crippen LogP contribution in [0.4, 0.5) is 0 Å². The molecule has 3 heteroatoms. The van der Waals surface area contributed by atoms with Gasteiger partial charge in [0.25, 0.3) is 0 Å². The number of carboxylic acid groups (broad SMARTS) is 1. The lowest BCUT2D eigenvalue weighted by atomic mass is 9.92. The second-order valence-corrected chi connectivity index (χ2v) is 7.34. The Morgan fingerprint density at radius 2 is 1.90 bits per heavy atom. The van der Waals surface area contributed by atoms with Crippen LogP contribution in [0, 0.1) is 23.7 Å². The lowest BCUT2D eigenvalue weighted by Gasteiger charge is -2.24. The van der Waals surface area contributed by atoms with Gasteiger partial charge in [-0.2, -0.15) is 0 Å². The van der Waals surface area contributed by atoms with Gasteiger partial charge in [0.15, 0.2) is 0 Å². The molecule has 0 radical (unpaired) electrons. The molecule has 3 nitrogen and oxygen atoms in total. The third-order valence-corrected chi connectivity index (χ3v) is 4.51. The van der Waals surface area contributed by atoms with Crippen molar-refractivity contribution in [1.82, 2.24) is 5.32 Å². The maximum absolute atomic E-state index is 11.3. The number of aliphatic carboxylic acids is 1. The van der Waals surface area contributed by atoms with E-state index in [9.17, 15) is 9.90 Å². The summed E-state index contributed by atoms with van der Waals surface area (Å²) in [4.78, 5) is 11.3. The summed E-state index contributed by atoms with van der Waals surface area (Å²) in [5.74, 6) is 1.08. The molecule has 0 aromatic heterocycles. The Bertz CT molecular complexity index is 289. The van der Waals surface area contributed by atoms with Gasteiger partial charge in [0.2, 0.25) is 0 Å². The van der Waals surface area contributed by atoms with Gasteiger partial charge in [-0.15, -0.1) is 0 Å². The minimum absolute atomic E-state index is 0.235. The van der Waals surface area contributed by atoms with E-state index in [0.29, 0.717) is 18.5 Å². The maximum atomic E-state index is 11.3. The SMILES string of the molecule is CC(C)CCC1CCCC1NCC(CC(C)C)C(=O)O. The molecule has 0 amide bonds. The van der Waals surface area contributed by atoms with Gasteiger partial charge in [-0.1, -0.05) is 40.5 Å². The monoisotopic (exact) mass is 283 g/mol. The molecule has 2 N–H and O–H groups in total. The van der Waals surface area contributed by atoms with Crippen LogP contribution in [0.2, 0.25) is 0 Å². The molecule has 0 spiro atoms. The number of carbonyl (C=O) groups is 1. The number of carboxylic acids is 1. The first-order valence-electron chi connectivity index (χ1n) is 8.36. The third kappa shape index (κ3) is 6.25. The standard InChI is InChI=1S/C17H33NO2/c1-12(2)8-9-14-6-5-7-16(14)18-11-15(17(19)20)10-13(3)4/h12-16,18H,5-11H2,1-4H3,(H,19,20). The van der Waals surface area contributed by atoms with Gasteiger partial charge in [0, 0.05) is 12.6 Å². The van der Waals surface area contributed by atoms with Crippen molar-refractivity contribution in [2.24, 2.45) is 23.7 Å². The van der Waals surface area contributed by atoms with Crippen LogP contribution in [0.5, 0.6) is 0 Å². The lowest BCUT2D eigenvalue weighted by Crippen LogP contribution is -2.38. The zero-order valence-electron chi connectivity index (χ0n) is 13.7. The maximum Gasteiger partial charge on any atom is 0.307 e.